The van der Waals surface area contributed by atoms with Crippen LogP contribution in [0.1, 0.15) is 17.3 Å². The van der Waals surface area contributed by atoms with Crippen LogP contribution in [0.5, 0.6) is 0 Å². The van der Waals surface area contributed by atoms with Crippen molar-refractivity contribution >= 4 is 40.9 Å². The Hall–Kier alpha value is -0.470. The Labute approximate surface area is 124 Å². The summed E-state index contributed by atoms with van der Waals surface area (Å²) in [4.78, 5) is 11.7. The van der Waals surface area contributed by atoms with Crippen LogP contribution in [0.25, 0.3) is 0 Å². The maximum absolute atomic E-state index is 13.0. The number of hydrogen-bond acceptors (Lipinski definition) is 2. The number of rotatable bonds is 4. The van der Waals surface area contributed by atoms with Crippen LogP contribution >= 0.6 is 35.0 Å². The van der Waals surface area contributed by atoms with E-state index in [0.717, 1.165) is 12.1 Å². The number of halogens is 4. The predicted octanol–water partition coefficient (Wildman–Crippen LogP) is 2.33. The second-order valence-corrected chi connectivity index (χ2v) is 4.81. The Balaban J connectivity index is 0.00000289. The van der Waals surface area contributed by atoms with E-state index in [0.29, 0.717) is 10.1 Å². The van der Waals surface area contributed by atoms with Crippen LogP contribution in [0.4, 0.5) is 8.78 Å². The number of carbonyl (C=O) groups is 1. The molecule has 1 amide bonds. The Morgan fingerprint density at radius 3 is 2.50 bits per heavy atom. The fourth-order valence-electron chi connectivity index (χ4n) is 1.14. The molecule has 7 heteroatoms. The van der Waals surface area contributed by atoms with E-state index in [-0.39, 0.29) is 24.0 Å². The number of amides is 1. The molecule has 0 aromatic heterocycles. The van der Waals surface area contributed by atoms with Crippen molar-refractivity contribution in [2.45, 2.75) is 13.0 Å². The molecule has 0 spiro atoms. The third-order valence-electron chi connectivity index (χ3n) is 2.32. The first-order chi connectivity index (χ1) is 7.95. The number of carbonyl (C=O) groups excluding carboxylic acids is 1. The summed E-state index contributed by atoms with van der Waals surface area (Å²) in [7, 11) is 1.78. The number of likely N-dealkylation sites (N-methyl/N-ethyl adjacent to an activating group) is 1. The summed E-state index contributed by atoms with van der Waals surface area (Å²) < 4.78 is 26.3. The topological polar surface area (TPSA) is 41.1 Å². The summed E-state index contributed by atoms with van der Waals surface area (Å²) in [6, 6.07) is 2.03. The zero-order valence-electron chi connectivity index (χ0n) is 9.89. The van der Waals surface area contributed by atoms with Crippen LogP contribution in [-0.2, 0) is 0 Å². The lowest BCUT2D eigenvalue weighted by atomic mass is 10.2. The summed E-state index contributed by atoms with van der Waals surface area (Å²) in [5, 5.41) is 5.60. The third-order valence-corrected chi connectivity index (χ3v) is 3.21. The van der Waals surface area contributed by atoms with Crippen LogP contribution in [0.3, 0.4) is 0 Å². The Morgan fingerprint density at radius 1 is 1.39 bits per heavy atom. The molecule has 0 saturated carbocycles. The van der Waals surface area contributed by atoms with Gasteiger partial charge in [-0.05, 0) is 48.7 Å². The van der Waals surface area contributed by atoms with Gasteiger partial charge in [-0.25, -0.2) is 8.78 Å². The van der Waals surface area contributed by atoms with Crippen LogP contribution in [0.2, 0.25) is 0 Å². The molecule has 1 atom stereocenters. The molecule has 3 nitrogen and oxygen atoms in total. The summed E-state index contributed by atoms with van der Waals surface area (Å²) in [5.74, 6) is -2.37. The molecule has 0 aliphatic carbocycles. The normalized spacial score (nSPS) is 11.6. The molecule has 0 radical (unpaired) electrons. The summed E-state index contributed by atoms with van der Waals surface area (Å²) in [6.07, 6.45) is 0. The van der Waals surface area contributed by atoms with Crippen LogP contribution in [0, 0.1) is 15.2 Å². The van der Waals surface area contributed by atoms with E-state index in [2.05, 4.69) is 10.6 Å². The van der Waals surface area contributed by atoms with E-state index in [4.69, 9.17) is 0 Å². The molecule has 0 bridgehead atoms. The largest absolute Gasteiger partial charge is 0.350 e. The van der Waals surface area contributed by atoms with Gasteiger partial charge in [0, 0.05) is 16.2 Å². The minimum absolute atomic E-state index is 0. The van der Waals surface area contributed by atoms with Gasteiger partial charge in [-0.2, -0.15) is 0 Å². The van der Waals surface area contributed by atoms with Gasteiger partial charge < -0.3 is 10.6 Å². The summed E-state index contributed by atoms with van der Waals surface area (Å²) >= 11 is 1.80. The van der Waals surface area contributed by atoms with Crippen LogP contribution in [0.15, 0.2) is 12.1 Å². The van der Waals surface area contributed by atoms with Crippen molar-refractivity contribution < 1.29 is 13.6 Å². The zero-order chi connectivity index (χ0) is 13.0. The van der Waals surface area contributed by atoms with Crippen LogP contribution < -0.4 is 10.6 Å². The van der Waals surface area contributed by atoms with E-state index in [9.17, 15) is 13.6 Å². The standard InChI is InChI=1S/C11H13F2IN2O.ClH/c1-6(15-2)5-16-11(17)7-3-8(12)9(13)4-10(7)14;/h3-4,6,15H,5H2,1-2H3,(H,16,17);1H. The number of nitrogens with one attached hydrogen (secondary N) is 2. The van der Waals surface area contributed by atoms with Gasteiger partial charge >= 0.3 is 0 Å². The Kier molecular flexibility index (Phi) is 7.65. The highest BCUT2D eigenvalue weighted by Crippen LogP contribution is 2.16. The number of hydrogen-bond donors (Lipinski definition) is 2. The van der Waals surface area contributed by atoms with Crippen molar-refractivity contribution in [1.82, 2.24) is 10.6 Å². The molecule has 0 saturated heterocycles. The highest BCUT2D eigenvalue weighted by molar-refractivity contribution is 14.1. The van der Waals surface area contributed by atoms with Crippen molar-refractivity contribution in [3.05, 3.63) is 32.9 Å². The van der Waals surface area contributed by atoms with E-state index in [1.165, 1.54) is 0 Å². The molecule has 1 unspecified atom stereocenters. The zero-order valence-corrected chi connectivity index (χ0v) is 12.9. The molecule has 0 heterocycles. The molecule has 1 aromatic rings. The third kappa shape index (κ3) is 4.66. The van der Waals surface area contributed by atoms with E-state index >= 15 is 0 Å². The van der Waals surface area contributed by atoms with Crippen molar-refractivity contribution in [1.29, 1.82) is 0 Å². The Bertz CT molecular complexity index is 432. The van der Waals surface area contributed by atoms with Crippen molar-refractivity contribution in [2.75, 3.05) is 13.6 Å². The number of benzene rings is 1. The minimum atomic E-state index is -1.02. The van der Waals surface area contributed by atoms with Crippen molar-refractivity contribution in [3.63, 3.8) is 0 Å². The maximum Gasteiger partial charge on any atom is 0.252 e. The lowest BCUT2D eigenvalue weighted by molar-refractivity contribution is 0.0949. The first-order valence-electron chi connectivity index (χ1n) is 5.05. The molecule has 0 aliphatic heterocycles. The van der Waals surface area contributed by atoms with Gasteiger partial charge in [0.25, 0.3) is 5.91 Å². The van der Waals surface area contributed by atoms with E-state index in [1.807, 2.05) is 6.92 Å². The molecule has 0 aliphatic rings. The second-order valence-electron chi connectivity index (χ2n) is 3.65. The molecular weight excluding hydrogens is 376 g/mol. The predicted molar refractivity (Wildman–Crippen MR) is 77.2 cm³/mol. The molecular formula is C11H14ClF2IN2O. The van der Waals surface area contributed by atoms with Gasteiger partial charge in [-0.1, -0.05) is 0 Å². The van der Waals surface area contributed by atoms with E-state index in [1.54, 1.807) is 29.6 Å². The average molecular weight is 391 g/mol. The quantitative estimate of drug-likeness (QED) is 0.612. The molecule has 1 rings (SSSR count). The molecule has 102 valence electrons. The smallest absolute Gasteiger partial charge is 0.252 e. The van der Waals surface area contributed by atoms with Gasteiger partial charge in [-0.3, -0.25) is 4.79 Å². The fraction of sp³-hybridized carbons (Fsp3) is 0.364. The van der Waals surface area contributed by atoms with Gasteiger partial charge in [0.05, 0.1) is 5.56 Å². The first-order valence-corrected chi connectivity index (χ1v) is 6.13. The van der Waals surface area contributed by atoms with Crippen molar-refractivity contribution in [2.24, 2.45) is 0 Å². The lowest BCUT2D eigenvalue weighted by Crippen LogP contribution is -2.37. The monoisotopic (exact) mass is 390 g/mol. The summed E-state index contributed by atoms with van der Waals surface area (Å²) in [6.45, 7) is 2.32. The van der Waals surface area contributed by atoms with Crippen LogP contribution in [-0.4, -0.2) is 25.5 Å². The molecule has 1 aromatic carbocycles. The molecule has 0 fully saturated rings. The molecule has 18 heavy (non-hydrogen) atoms. The minimum Gasteiger partial charge on any atom is -0.350 e. The SMILES string of the molecule is CNC(C)CNC(=O)c1cc(F)c(F)cc1I.Cl. The Morgan fingerprint density at radius 2 is 1.94 bits per heavy atom. The van der Waals surface area contributed by atoms with Gasteiger partial charge in [-0.15, -0.1) is 12.4 Å². The average Bonchev–Trinajstić information content (AvgIpc) is 2.30. The lowest BCUT2D eigenvalue weighted by Gasteiger charge is -2.12. The van der Waals surface area contributed by atoms with Crippen molar-refractivity contribution in [3.8, 4) is 0 Å². The highest BCUT2D eigenvalue weighted by atomic mass is 127. The highest BCUT2D eigenvalue weighted by Gasteiger charge is 2.14. The van der Waals surface area contributed by atoms with Gasteiger partial charge in [0.1, 0.15) is 0 Å². The van der Waals surface area contributed by atoms with Gasteiger partial charge in [0.15, 0.2) is 11.6 Å². The fourth-order valence-corrected chi connectivity index (χ4v) is 1.81. The first kappa shape index (κ1) is 17.5. The van der Waals surface area contributed by atoms with E-state index < -0.39 is 17.5 Å². The van der Waals surface area contributed by atoms with Gasteiger partial charge in [0.2, 0.25) is 0 Å². The maximum atomic E-state index is 13.0. The summed E-state index contributed by atoms with van der Waals surface area (Å²) in [5.41, 5.74) is 0.146. The molecule has 2 N–H and O–H groups in total. The second kappa shape index (κ2) is 7.85.